The summed E-state index contributed by atoms with van der Waals surface area (Å²) in [7, 11) is 5.94. The van der Waals surface area contributed by atoms with E-state index in [0.29, 0.717) is 0 Å². The Morgan fingerprint density at radius 2 is 2.17 bits per heavy atom. The first-order valence-electron chi connectivity index (χ1n) is 4.01. The minimum absolute atomic E-state index is 0.827. The molecule has 3 nitrogen and oxygen atoms in total. The van der Waals surface area contributed by atoms with Crippen molar-refractivity contribution in [1.29, 1.82) is 0 Å². The standard InChI is InChI=1S/C9H15N3/c1-10-6-8-4-5-9(7-11-8)12(2)3/h4-5,7,10H,6H2,1-3H3. The normalized spacial score (nSPS) is 9.92. The molecular formula is C9H15N3. The smallest absolute Gasteiger partial charge is 0.0547 e. The Morgan fingerprint density at radius 1 is 1.42 bits per heavy atom. The monoisotopic (exact) mass is 165 g/mol. The van der Waals surface area contributed by atoms with Gasteiger partial charge in [-0.2, -0.15) is 0 Å². The largest absolute Gasteiger partial charge is 0.376 e. The highest BCUT2D eigenvalue weighted by Gasteiger charge is 1.95. The van der Waals surface area contributed by atoms with E-state index >= 15 is 0 Å². The molecule has 0 radical (unpaired) electrons. The summed E-state index contributed by atoms with van der Waals surface area (Å²) in [6.45, 7) is 0.827. The maximum Gasteiger partial charge on any atom is 0.0547 e. The summed E-state index contributed by atoms with van der Waals surface area (Å²) < 4.78 is 0. The Bertz CT molecular complexity index is 228. The van der Waals surface area contributed by atoms with Gasteiger partial charge in [0.05, 0.1) is 17.6 Å². The molecule has 1 N–H and O–H groups in total. The third kappa shape index (κ3) is 2.20. The van der Waals surface area contributed by atoms with Crippen LogP contribution in [0.15, 0.2) is 18.3 Å². The van der Waals surface area contributed by atoms with Crippen LogP contribution < -0.4 is 10.2 Å². The van der Waals surface area contributed by atoms with Crippen LogP contribution in [0, 0.1) is 0 Å². The topological polar surface area (TPSA) is 28.2 Å². The lowest BCUT2D eigenvalue weighted by Crippen LogP contribution is -2.10. The highest BCUT2D eigenvalue weighted by atomic mass is 15.1. The zero-order valence-electron chi connectivity index (χ0n) is 7.83. The molecule has 0 saturated carbocycles. The van der Waals surface area contributed by atoms with Crippen molar-refractivity contribution in [3.8, 4) is 0 Å². The molecule has 1 aromatic heterocycles. The first-order valence-corrected chi connectivity index (χ1v) is 4.01. The average molecular weight is 165 g/mol. The lowest BCUT2D eigenvalue weighted by Gasteiger charge is -2.11. The van der Waals surface area contributed by atoms with E-state index in [2.05, 4.69) is 16.4 Å². The van der Waals surface area contributed by atoms with Crippen LogP contribution in [0.2, 0.25) is 0 Å². The van der Waals surface area contributed by atoms with Gasteiger partial charge in [-0.25, -0.2) is 0 Å². The molecule has 0 atom stereocenters. The van der Waals surface area contributed by atoms with Crippen LogP contribution >= 0.6 is 0 Å². The first kappa shape index (κ1) is 9.00. The van der Waals surface area contributed by atoms with Gasteiger partial charge in [0.1, 0.15) is 0 Å². The summed E-state index contributed by atoms with van der Waals surface area (Å²) in [4.78, 5) is 6.32. The fraction of sp³-hybridized carbons (Fsp3) is 0.444. The summed E-state index contributed by atoms with van der Waals surface area (Å²) in [6.07, 6.45) is 1.88. The maximum atomic E-state index is 4.29. The lowest BCUT2D eigenvalue weighted by molar-refractivity contribution is 0.791. The van der Waals surface area contributed by atoms with E-state index in [1.165, 1.54) is 0 Å². The molecular weight excluding hydrogens is 150 g/mol. The summed E-state index contributed by atoms with van der Waals surface area (Å²) >= 11 is 0. The SMILES string of the molecule is CNCc1ccc(N(C)C)cn1. The number of nitrogens with one attached hydrogen (secondary N) is 1. The molecule has 1 heterocycles. The summed E-state index contributed by atoms with van der Waals surface area (Å²) in [5.41, 5.74) is 2.21. The van der Waals surface area contributed by atoms with Gasteiger partial charge in [-0.05, 0) is 19.2 Å². The second kappa shape index (κ2) is 4.07. The van der Waals surface area contributed by atoms with Crippen LogP contribution in [-0.4, -0.2) is 26.1 Å². The predicted octanol–water partition coefficient (Wildman–Crippen LogP) is 0.867. The van der Waals surface area contributed by atoms with Crippen LogP contribution in [0.5, 0.6) is 0 Å². The van der Waals surface area contributed by atoms with Crippen LogP contribution in [0.3, 0.4) is 0 Å². The van der Waals surface area contributed by atoms with E-state index in [9.17, 15) is 0 Å². The highest BCUT2D eigenvalue weighted by molar-refractivity contribution is 5.42. The van der Waals surface area contributed by atoms with Crippen LogP contribution in [0.25, 0.3) is 0 Å². The lowest BCUT2D eigenvalue weighted by atomic mass is 10.3. The van der Waals surface area contributed by atoms with Gasteiger partial charge in [0.2, 0.25) is 0 Å². The number of hydrogen-bond acceptors (Lipinski definition) is 3. The molecule has 3 heteroatoms. The zero-order chi connectivity index (χ0) is 8.97. The molecule has 0 spiro atoms. The molecule has 0 aromatic carbocycles. The third-order valence-electron chi connectivity index (χ3n) is 1.68. The quantitative estimate of drug-likeness (QED) is 0.720. The molecule has 1 aromatic rings. The predicted molar refractivity (Wildman–Crippen MR) is 51.3 cm³/mol. The second-order valence-electron chi connectivity index (χ2n) is 2.93. The Labute approximate surface area is 73.4 Å². The Kier molecular flexibility index (Phi) is 3.05. The summed E-state index contributed by atoms with van der Waals surface area (Å²) in [5, 5.41) is 3.06. The minimum atomic E-state index is 0.827. The van der Waals surface area contributed by atoms with E-state index in [-0.39, 0.29) is 0 Å². The number of pyridine rings is 1. The fourth-order valence-corrected chi connectivity index (χ4v) is 0.967. The Morgan fingerprint density at radius 3 is 2.58 bits per heavy atom. The maximum absolute atomic E-state index is 4.29. The van der Waals surface area contributed by atoms with Gasteiger partial charge < -0.3 is 10.2 Å². The molecule has 0 bridgehead atoms. The summed E-state index contributed by atoms with van der Waals surface area (Å²) in [5.74, 6) is 0. The number of nitrogens with zero attached hydrogens (tertiary/aromatic N) is 2. The number of aromatic nitrogens is 1. The number of anilines is 1. The molecule has 1 rings (SSSR count). The summed E-state index contributed by atoms with van der Waals surface area (Å²) in [6, 6.07) is 4.10. The van der Waals surface area contributed by atoms with Crippen molar-refractivity contribution in [3.63, 3.8) is 0 Å². The van der Waals surface area contributed by atoms with Crippen LogP contribution in [-0.2, 0) is 6.54 Å². The molecule has 0 aliphatic rings. The average Bonchev–Trinajstić information content (AvgIpc) is 2.06. The van der Waals surface area contributed by atoms with Crippen molar-refractivity contribution in [2.24, 2.45) is 0 Å². The van der Waals surface area contributed by atoms with Crippen LogP contribution in [0.4, 0.5) is 5.69 Å². The second-order valence-corrected chi connectivity index (χ2v) is 2.93. The molecule has 0 amide bonds. The number of hydrogen-bond donors (Lipinski definition) is 1. The van der Waals surface area contributed by atoms with E-state index in [1.54, 1.807) is 0 Å². The van der Waals surface area contributed by atoms with Crippen molar-refractivity contribution >= 4 is 5.69 Å². The molecule has 66 valence electrons. The Balaban J connectivity index is 2.71. The first-order chi connectivity index (χ1) is 5.74. The van der Waals surface area contributed by atoms with Gasteiger partial charge in [-0.3, -0.25) is 4.98 Å². The van der Waals surface area contributed by atoms with Crippen molar-refractivity contribution in [2.75, 3.05) is 26.0 Å². The molecule has 0 aliphatic heterocycles. The molecule has 0 saturated heterocycles. The molecule has 12 heavy (non-hydrogen) atoms. The van der Waals surface area contributed by atoms with Gasteiger partial charge in [0.15, 0.2) is 0 Å². The molecule has 0 fully saturated rings. The van der Waals surface area contributed by atoms with Gasteiger partial charge in [-0.1, -0.05) is 0 Å². The van der Waals surface area contributed by atoms with E-state index in [0.717, 1.165) is 17.9 Å². The zero-order valence-corrected chi connectivity index (χ0v) is 7.83. The van der Waals surface area contributed by atoms with E-state index < -0.39 is 0 Å². The molecule has 0 unspecified atom stereocenters. The van der Waals surface area contributed by atoms with Crippen LogP contribution in [0.1, 0.15) is 5.69 Å². The minimum Gasteiger partial charge on any atom is -0.376 e. The number of rotatable bonds is 3. The third-order valence-corrected chi connectivity index (χ3v) is 1.68. The van der Waals surface area contributed by atoms with Gasteiger partial charge >= 0.3 is 0 Å². The van der Waals surface area contributed by atoms with Crippen molar-refractivity contribution in [3.05, 3.63) is 24.0 Å². The van der Waals surface area contributed by atoms with Crippen molar-refractivity contribution < 1.29 is 0 Å². The molecule has 0 aliphatic carbocycles. The van der Waals surface area contributed by atoms with E-state index in [4.69, 9.17) is 0 Å². The fourth-order valence-electron chi connectivity index (χ4n) is 0.967. The Hall–Kier alpha value is -1.09. The van der Waals surface area contributed by atoms with Gasteiger partial charge in [-0.15, -0.1) is 0 Å². The van der Waals surface area contributed by atoms with Crippen molar-refractivity contribution in [1.82, 2.24) is 10.3 Å². The van der Waals surface area contributed by atoms with Gasteiger partial charge in [0.25, 0.3) is 0 Å². The van der Waals surface area contributed by atoms with Gasteiger partial charge in [0, 0.05) is 20.6 Å². The van der Waals surface area contributed by atoms with Crippen molar-refractivity contribution in [2.45, 2.75) is 6.54 Å². The highest BCUT2D eigenvalue weighted by Crippen LogP contribution is 2.08. The van der Waals surface area contributed by atoms with E-state index in [1.807, 2.05) is 38.3 Å².